The van der Waals surface area contributed by atoms with Gasteiger partial charge in [0, 0.05) is 11.1 Å². The van der Waals surface area contributed by atoms with E-state index in [2.05, 4.69) is 46.9 Å². The van der Waals surface area contributed by atoms with Gasteiger partial charge in [0.1, 0.15) is 5.01 Å². The molecule has 0 radical (unpaired) electrons. The van der Waals surface area contributed by atoms with Gasteiger partial charge in [-0.15, -0.1) is 11.3 Å². The number of hydrogen-bond donors (Lipinski definition) is 1. The summed E-state index contributed by atoms with van der Waals surface area (Å²) in [6, 6.07) is 8.65. The van der Waals surface area contributed by atoms with Gasteiger partial charge in [-0.2, -0.15) is 0 Å². The summed E-state index contributed by atoms with van der Waals surface area (Å²) in [4.78, 5) is 4.56. The fourth-order valence-electron chi connectivity index (χ4n) is 1.83. The van der Waals surface area contributed by atoms with E-state index in [0.29, 0.717) is 0 Å². The molecule has 1 aromatic heterocycles. The molecule has 2 nitrogen and oxygen atoms in total. The molecule has 0 fully saturated rings. The highest BCUT2D eigenvalue weighted by Crippen LogP contribution is 2.26. The van der Waals surface area contributed by atoms with Gasteiger partial charge >= 0.3 is 0 Å². The van der Waals surface area contributed by atoms with Crippen LogP contribution in [-0.2, 0) is 0 Å². The Balaban J connectivity index is 2.40. The highest BCUT2D eigenvalue weighted by atomic mass is 32.1. The summed E-state index contributed by atoms with van der Waals surface area (Å²) in [5.41, 5.74) is 3.70. The maximum atomic E-state index is 4.56. The SMILES string of the molecule is CNC(c1nc(C)cs1)c1ccccc1C. The Labute approximate surface area is 100 Å². The second kappa shape index (κ2) is 4.76. The van der Waals surface area contributed by atoms with Crippen LogP contribution in [0.15, 0.2) is 29.6 Å². The average Bonchev–Trinajstić information content (AvgIpc) is 2.69. The van der Waals surface area contributed by atoms with Crippen LogP contribution in [0.5, 0.6) is 0 Å². The van der Waals surface area contributed by atoms with Crippen molar-refractivity contribution in [1.29, 1.82) is 0 Å². The fraction of sp³-hybridized carbons (Fsp3) is 0.308. The molecule has 0 spiro atoms. The second-order valence-corrected chi connectivity index (χ2v) is 4.80. The summed E-state index contributed by atoms with van der Waals surface area (Å²) in [5, 5.41) is 6.57. The Morgan fingerprint density at radius 1 is 1.25 bits per heavy atom. The third-order valence-corrected chi connectivity index (χ3v) is 3.70. The van der Waals surface area contributed by atoms with Gasteiger partial charge < -0.3 is 5.32 Å². The number of nitrogens with one attached hydrogen (secondary N) is 1. The molecule has 1 aromatic carbocycles. The quantitative estimate of drug-likeness (QED) is 0.879. The summed E-state index contributed by atoms with van der Waals surface area (Å²) < 4.78 is 0. The lowest BCUT2D eigenvalue weighted by atomic mass is 10.0. The van der Waals surface area contributed by atoms with E-state index in [-0.39, 0.29) is 6.04 Å². The molecule has 0 aliphatic heterocycles. The molecule has 0 aliphatic carbocycles. The van der Waals surface area contributed by atoms with Crippen LogP contribution < -0.4 is 5.32 Å². The standard InChI is InChI=1S/C13H16N2S/c1-9-6-4-5-7-11(9)12(14-3)13-15-10(2)8-16-13/h4-8,12,14H,1-3H3. The molecule has 0 saturated carbocycles. The lowest BCUT2D eigenvalue weighted by molar-refractivity contribution is 0.681. The van der Waals surface area contributed by atoms with E-state index < -0.39 is 0 Å². The summed E-state index contributed by atoms with van der Waals surface area (Å²) in [6.07, 6.45) is 0. The molecule has 3 heteroatoms. The zero-order valence-corrected chi connectivity index (χ0v) is 10.6. The molecule has 0 amide bonds. The molecule has 1 atom stereocenters. The average molecular weight is 232 g/mol. The van der Waals surface area contributed by atoms with Crippen molar-refractivity contribution in [3.63, 3.8) is 0 Å². The van der Waals surface area contributed by atoms with E-state index in [9.17, 15) is 0 Å². The minimum Gasteiger partial charge on any atom is -0.307 e. The van der Waals surface area contributed by atoms with E-state index in [1.807, 2.05) is 14.0 Å². The number of thiazole rings is 1. The van der Waals surface area contributed by atoms with Gasteiger partial charge in [0.25, 0.3) is 0 Å². The van der Waals surface area contributed by atoms with Crippen molar-refractivity contribution >= 4 is 11.3 Å². The third kappa shape index (κ3) is 2.15. The van der Waals surface area contributed by atoms with Gasteiger partial charge in [-0.25, -0.2) is 4.98 Å². The molecular formula is C13H16N2S. The molecule has 1 unspecified atom stereocenters. The minimum atomic E-state index is 0.208. The van der Waals surface area contributed by atoms with E-state index >= 15 is 0 Å². The third-order valence-electron chi connectivity index (χ3n) is 2.67. The lowest BCUT2D eigenvalue weighted by Crippen LogP contribution is -2.18. The van der Waals surface area contributed by atoms with Crippen molar-refractivity contribution in [3.8, 4) is 0 Å². The first-order valence-electron chi connectivity index (χ1n) is 5.37. The molecular weight excluding hydrogens is 216 g/mol. The number of aromatic nitrogens is 1. The molecule has 0 saturated heterocycles. The maximum Gasteiger partial charge on any atom is 0.114 e. The normalized spacial score (nSPS) is 12.7. The molecule has 84 valence electrons. The van der Waals surface area contributed by atoms with Gasteiger partial charge in [0.05, 0.1) is 6.04 Å². The molecule has 2 rings (SSSR count). The summed E-state index contributed by atoms with van der Waals surface area (Å²) >= 11 is 1.71. The van der Waals surface area contributed by atoms with Gasteiger partial charge in [-0.05, 0) is 32.0 Å². The van der Waals surface area contributed by atoms with Gasteiger partial charge in [0.15, 0.2) is 0 Å². The van der Waals surface area contributed by atoms with Gasteiger partial charge in [-0.1, -0.05) is 24.3 Å². The Bertz CT molecular complexity index is 476. The van der Waals surface area contributed by atoms with Crippen LogP contribution in [0, 0.1) is 13.8 Å². The Morgan fingerprint density at radius 3 is 2.56 bits per heavy atom. The molecule has 2 aromatic rings. The summed E-state index contributed by atoms with van der Waals surface area (Å²) in [5.74, 6) is 0. The summed E-state index contributed by atoms with van der Waals surface area (Å²) in [6.45, 7) is 4.17. The number of benzene rings is 1. The predicted octanol–water partition coefficient (Wildman–Crippen LogP) is 3.07. The number of nitrogens with zero attached hydrogens (tertiary/aromatic N) is 1. The van der Waals surface area contributed by atoms with Gasteiger partial charge in [0.2, 0.25) is 0 Å². The first-order valence-corrected chi connectivity index (χ1v) is 6.25. The van der Waals surface area contributed by atoms with Crippen molar-refractivity contribution in [1.82, 2.24) is 10.3 Å². The van der Waals surface area contributed by atoms with E-state index in [4.69, 9.17) is 0 Å². The largest absolute Gasteiger partial charge is 0.307 e. The molecule has 1 N–H and O–H groups in total. The molecule has 16 heavy (non-hydrogen) atoms. The number of hydrogen-bond acceptors (Lipinski definition) is 3. The van der Waals surface area contributed by atoms with Crippen molar-refractivity contribution in [2.45, 2.75) is 19.9 Å². The molecule has 0 aliphatic rings. The van der Waals surface area contributed by atoms with E-state index in [1.165, 1.54) is 11.1 Å². The smallest absolute Gasteiger partial charge is 0.114 e. The van der Waals surface area contributed by atoms with Crippen LogP contribution >= 0.6 is 11.3 Å². The number of aryl methyl sites for hydroxylation is 2. The monoisotopic (exact) mass is 232 g/mol. The van der Waals surface area contributed by atoms with Crippen LogP contribution in [0.3, 0.4) is 0 Å². The zero-order valence-electron chi connectivity index (χ0n) is 9.82. The topological polar surface area (TPSA) is 24.9 Å². The van der Waals surface area contributed by atoms with E-state index in [0.717, 1.165) is 10.7 Å². The summed E-state index contributed by atoms with van der Waals surface area (Å²) in [7, 11) is 1.98. The van der Waals surface area contributed by atoms with E-state index in [1.54, 1.807) is 11.3 Å². The Kier molecular flexibility index (Phi) is 3.36. The van der Waals surface area contributed by atoms with Crippen molar-refractivity contribution in [3.05, 3.63) is 51.5 Å². The first-order chi connectivity index (χ1) is 7.72. The van der Waals surface area contributed by atoms with Crippen molar-refractivity contribution < 1.29 is 0 Å². The maximum absolute atomic E-state index is 4.56. The van der Waals surface area contributed by atoms with Crippen LogP contribution in [0.1, 0.15) is 27.9 Å². The van der Waals surface area contributed by atoms with Crippen molar-refractivity contribution in [2.75, 3.05) is 7.05 Å². The molecule has 0 bridgehead atoms. The second-order valence-electron chi connectivity index (χ2n) is 3.91. The van der Waals surface area contributed by atoms with Gasteiger partial charge in [-0.3, -0.25) is 0 Å². The van der Waals surface area contributed by atoms with Crippen LogP contribution in [0.25, 0.3) is 0 Å². The predicted molar refractivity (Wildman–Crippen MR) is 68.9 cm³/mol. The molecule has 1 heterocycles. The highest BCUT2D eigenvalue weighted by Gasteiger charge is 2.16. The Morgan fingerprint density at radius 2 is 2.00 bits per heavy atom. The highest BCUT2D eigenvalue weighted by molar-refractivity contribution is 7.09. The number of rotatable bonds is 3. The Hall–Kier alpha value is -1.19. The first kappa shape index (κ1) is 11.3. The lowest BCUT2D eigenvalue weighted by Gasteiger charge is -2.16. The van der Waals surface area contributed by atoms with Crippen molar-refractivity contribution in [2.24, 2.45) is 0 Å². The fourth-order valence-corrected chi connectivity index (χ4v) is 2.75. The van der Waals surface area contributed by atoms with Crippen LogP contribution in [0.4, 0.5) is 0 Å². The minimum absolute atomic E-state index is 0.208. The van der Waals surface area contributed by atoms with Crippen LogP contribution in [-0.4, -0.2) is 12.0 Å². The van der Waals surface area contributed by atoms with Crippen LogP contribution in [0.2, 0.25) is 0 Å². The zero-order chi connectivity index (χ0) is 11.5.